The van der Waals surface area contributed by atoms with Gasteiger partial charge in [-0.1, -0.05) is 13.8 Å². The van der Waals surface area contributed by atoms with Crippen LogP contribution in [0.3, 0.4) is 0 Å². The van der Waals surface area contributed by atoms with Crippen LogP contribution in [0, 0.1) is 6.92 Å². The van der Waals surface area contributed by atoms with E-state index in [1.165, 1.54) is 10.3 Å². The monoisotopic (exact) mass is 235 g/mol. The topological polar surface area (TPSA) is 51.8 Å². The van der Waals surface area contributed by atoms with Gasteiger partial charge in [0.25, 0.3) is 0 Å². The fourth-order valence-corrected chi connectivity index (χ4v) is 2.77. The zero-order valence-corrected chi connectivity index (χ0v) is 10.7. The van der Waals surface area contributed by atoms with Crippen molar-refractivity contribution in [1.29, 1.82) is 0 Å². The van der Waals surface area contributed by atoms with Crippen LogP contribution in [-0.2, 0) is 0 Å². The van der Waals surface area contributed by atoms with Crippen molar-refractivity contribution in [1.82, 2.24) is 9.97 Å². The molecule has 2 atom stereocenters. The lowest BCUT2D eigenvalue weighted by molar-refractivity contribution is 0.543. The largest absolute Gasteiger partial charge is 0.327 e. The Bertz CT molecular complexity index is 492. The first-order chi connectivity index (χ1) is 7.63. The molecule has 0 aromatic carbocycles. The molecule has 0 fully saturated rings. The molecule has 2 rings (SSSR count). The minimum absolute atomic E-state index is 0.165. The molecule has 2 unspecified atom stereocenters. The van der Waals surface area contributed by atoms with E-state index in [1.807, 2.05) is 0 Å². The molecular weight excluding hydrogens is 218 g/mol. The van der Waals surface area contributed by atoms with Crippen molar-refractivity contribution in [3.8, 4) is 0 Å². The third-order valence-corrected chi connectivity index (χ3v) is 3.99. The van der Waals surface area contributed by atoms with Crippen molar-refractivity contribution in [2.75, 3.05) is 0 Å². The van der Waals surface area contributed by atoms with Crippen molar-refractivity contribution >= 4 is 21.6 Å². The molecular formula is C12H17N3S. The van der Waals surface area contributed by atoms with Gasteiger partial charge in [-0.2, -0.15) is 0 Å². The van der Waals surface area contributed by atoms with Crippen LogP contribution in [0.5, 0.6) is 0 Å². The Labute approximate surface area is 99.7 Å². The minimum atomic E-state index is 0.165. The summed E-state index contributed by atoms with van der Waals surface area (Å²) in [6.07, 6.45) is 2.61. The minimum Gasteiger partial charge on any atom is -0.327 e. The molecule has 2 aromatic rings. The van der Waals surface area contributed by atoms with E-state index in [4.69, 9.17) is 5.73 Å². The average Bonchev–Trinajstić information content (AvgIpc) is 2.66. The molecule has 86 valence electrons. The molecule has 0 aliphatic carbocycles. The molecule has 4 heteroatoms. The average molecular weight is 235 g/mol. The van der Waals surface area contributed by atoms with Crippen LogP contribution in [-0.4, -0.2) is 16.0 Å². The third kappa shape index (κ3) is 1.95. The molecule has 0 saturated heterocycles. The molecule has 2 aromatic heterocycles. The summed E-state index contributed by atoms with van der Waals surface area (Å²) in [4.78, 5) is 11.0. The van der Waals surface area contributed by atoms with Crippen molar-refractivity contribution in [2.45, 2.75) is 39.2 Å². The lowest BCUT2D eigenvalue weighted by Crippen LogP contribution is -2.26. The van der Waals surface area contributed by atoms with Crippen LogP contribution < -0.4 is 5.73 Å². The standard InChI is InChI=1S/C12H17N3S/c1-4-10(13)8(3)11-9-5-7(2)16-12(9)15-6-14-11/h5-6,8,10H,4,13H2,1-3H3. The Morgan fingerprint density at radius 3 is 2.88 bits per heavy atom. The van der Waals surface area contributed by atoms with Gasteiger partial charge in [0.05, 0.1) is 5.69 Å². The second kappa shape index (κ2) is 4.47. The van der Waals surface area contributed by atoms with Crippen LogP contribution >= 0.6 is 11.3 Å². The van der Waals surface area contributed by atoms with E-state index in [1.54, 1.807) is 17.7 Å². The highest BCUT2D eigenvalue weighted by atomic mass is 32.1. The van der Waals surface area contributed by atoms with Gasteiger partial charge in [-0.05, 0) is 19.4 Å². The first-order valence-corrected chi connectivity index (χ1v) is 6.41. The van der Waals surface area contributed by atoms with Crippen LogP contribution in [0.2, 0.25) is 0 Å². The highest BCUT2D eigenvalue weighted by Crippen LogP contribution is 2.30. The lowest BCUT2D eigenvalue weighted by atomic mass is 9.95. The smallest absolute Gasteiger partial charge is 0.127 e. The summed E-state index contributed by atoms with van der Waals surface area (Å²) in [5.41, 5.74) is 7.18. The number of aryl methyl sites for hydroxylation is 1. The van der Waals surface area contributed by atoms with Crippen molar-refractivity contribution in [3.05, 3.63) is 23.0 Å². The van der Waals surface area contributed by atoms with Crippen LogP contribution in [0.1, 0.15) is 36.8 Å². The predicted octanol–water partition coefficient (Wildman–Crippen LogP) is 2.84. The molecule has 0 amide bonds. The van der Waals surface area contributed by atoms with E-state index in [-0.39, 0.29) is 12.0 Å². The van der Waals surface area contributed by atoms with Gasteiger partial charge in [-0.15, -0.1) is 11.3 Å². The number of hydrogen-bond donors (Lipinski definition) is 1. The Balaban J connectivity index is 2.51. The van der Waals surface area contributed by atoms with Gasteiger partial charge in [0, 0.05) is 22.2 Å². The fourth-order valence-electron chi connectivity index (χ4n) is 1.91. The van der Waals surface area contributed by atoms with E-state index in [0.29, 0.717) is 0 Å². The molecule has 0 bridgehead atoms. The number of hydrogen-bond acceptors (Lipinski definition) is 4. The molecule has 2 heterocycles. The molecule has 3 nitrogen and oxygen atoms in total. The maximum absolute atomic E-state index is 6.09. The van der Waals surface area contributed by atoms with Gasteiger partial charge in [-0.25, -0.2) is 9.97 Å². The zero-order chi connectivity index (χ0) is 11.7. The van der Waals surface area contributed by atoms with Gasteiger partial charge in [-0.3, -0.25) is 0 Å². The Morgan fingerprint density at radius 2 is 2.19 bits per heavy atom. The molecule has 0 spiro atoms. The summed E-state index contributed by atoms with van der Waals surface area (Å²) >= 11 is 1.71. The molecule has 0 aliphatic heterocycles. The normalized spacial score (nSPS) is 15.2. The first kappa shape index (κ1) is 11.5. The number of fused-ring (bicyclic) bond motifs is 1. The van der Waals surface area contributed by atoms with Gasteiger partial charge < -0.3 is 5.73 Å². The summed E-state index contributed by atoms with van der Waals surface area (Å²) in [7, 11) is 0. The SMILES string of the molecule is CCC(N)C(C)c1ncnc2sc(C)cc12. The van der Waals surface area contributed by atoms with Crippen LogP contribution in [0.4, 0.5) is 0 Å². The number of nitrogens with zero attached hydrogens (tertiary/aromatic N) is 2. The summed E-state index contributed by atoms with van der Waals surface area (Å²) in [5, 5.41) is 1.17. The Hall–Kier alpha value is -1.00. The van der Waals surface area contributed by atoms with E-state index in [0.717, 1.165) is 16.9 Å². The quantitative estimate of drug-likeness (QED) is 0.890. The molecule has 0 aliphatic rings. The summed E-state index contributed by atoms with van der Waals surface area (Å²) in [5.74, 6) is 0.282. The Morgan fingerprint density at radius 1 is 1.44 bits per heavy atom. The Kier molecular flexibility index (Phi) is 3.21. The van der Waals surface area contributed by atoms with Gasteiger partial charge in [0.2, 0.25) is 0 Å². The second-order valence-electron chi connectivity index (χ2n) is 4.20. The van der Waals surface area contributed by atoms with Gasteiger partial charge in [0.15, 0.2) is 0 Å². The van der Waals surface area contributed by atoms with E-state index in [9.17, 15) is 0 Å². The number of nitrogens with two attached hydrogens (primary N) is 1. The summed E-state index contributed by atoms with van der Waals surface area (Å²) in [6.45, 7) is 6.35. The maximum atomic E-state index is 6.09. The molecule has 0 radical (unpaired) electrons. The fraction of sp³-hybridized carbons (Fsp3) is 0.500. The van der Waals surface area contributed by atoms with Gasteiger partial charge >= 0.3 is 0 Å². The van der Waals surface area contributed by atoms with Crippen molar-refractivity contribution < 1.29 is 0 Å². The summed E-state index contributed by atoms with van der Waals surface area (Å²) < 4.78 is 0. The molecule has 2 N–H and O–H groups in total. The van der Waals surface area contributed by atoms with E-state index >= 15 is 0 Å². The highest BCUT2D eigenvalue weighted by molar-refractivity contribution is 7.18. The molecule has 16 heavy (non-hydrogen) atoms. The zero-order valence-electron chi connectivity index (χ0n) is 9.90. The van der Waals surface area contributed by atoms with E-state index in [2.05, 4.69) is 36.8 Å². The number of thiophene rings is 1. The van der Waals surface area contributed by atoms with Crippen molar-refractivity contribution in [3.63, 3.8) is 0 Å². The number of aromatic nitrogens is 2. The molecule has 0 saturated carbocycles. The van der Waals surface area contributed by atoms with E-state index < -0.39 is 0 Å². The predicted molar refractivity (Wildman–Crippen MR) is 68.8 cm³/mol. The third-order valence-electron chi connectivity index (χ3n) is 3.03. The lowest BCUT2D eigenvalue weighted by Gasteiger charge is -2.18. The maximum Gasteiger partial charge on any atom is 0.127 e. The van der Waals surface area contributed by atoms with Crippen molar-refractivity contribution in [2.24, 2.45) is 5.73 Å². The highest BCUT2D eigenvalue weighted by Gasteiger charge is 2.18. The number of rotatable bonds is 3. The van der Waals surface area contributed by atoms with Gasteiger partial charge in [0.1, 0.15) is 11.2 Å². The summed E-state index contributed by atoms with van der Waals surface area (Å²) in [6, 6.07) is 2.33. The second-order valence-corrected chi connectivity index (χ2v) is 5.43. The van der Waals surface area contributed by atoms with Crippen LogP contribution in [0.25, 0.3) is 10.2 Å². The van der Waals surface area contributed by atoms with Crippen LogP contribution in [0.15, 0.2) is 12.4 Å². The first-order valence-electron chi connectivity index (χ1n) is 5.60.